The average molecular weight is 330 g/mol. The molecule has 2 nitrogen and oxygen atoms in total. The number of hydrogen-bond donors (Lipinski definition) is 0. The fourth-order valence-corrected chi connectivity index (χ4v) is 2.20. The number of imidazole rings is 1. The molecule has 0 saturated carbocycles. The largest absolute Gasteiger partial charge is 0.328 e. The highest BCUT2D eigenvalue weighted by molar-refractivity contribution is 9.10. The Morgan fingerprint density at radius 3 is 2.73 bits per heavy atom. The predicted molar refractivity (Wildman–Crippen MR) is 67.9 cm³/mol. The van der Waals surface area contributed by atoms with Gasteiger partial charge in [0.25, 0.3) is 0 Å². The van der Waals surface area contributed by atoms with Gasteiger partial charge in [0.2, 0.25) is 0 Å². The molecule has 78 valence electrons. The minimum absolute atomic E-state index is 0.848. The maximum absolute atomic E-state index is 4.34. The molecule has 0 bridgehead atoms. The van der Waals surface area contributed by atoms with Crippen LogP contribution in [0.15, 0.2) is 39.7 Å². The Morgan fingerprint density at radius 1 is 1.33 bits per heavy atom. The minimum atomic E-state index is 0.848. The van der Waals surface area contributed by atoms with Crippen molar-refractivity contribution in [1.82, 2.24) is 9.55 Å². The van der Waals surface area contributed by atoms with Crippen LogP contribution in [0.3, 0.4) is 0 Å². The molecule has 1 aromatic heterocycles. The predicted octanol–water partition coefficient (Wildman–Crippen LogP) is 3.54. The van der Waals surface area contributed by atoms with Gasteiger partial charge in [0.05, 0.1) is 12.0 Å². The summed E-state index contributed by atoms with van der Waals surface area (Å²) in [5.74, 6) is 0. The Labute approximate surface area is 106 Å². The van der Waals surface area contributed by atoms with Crippen LogP contribution in [0.25, 0.3) is 0 Å². The standard InChI is InChI=1S/C11H10Br2N2/c1-15-7-14-10(11(15)13)6-8-3-2-4-9(12)5-8/h2-5,7H,6H2,1H3. The maximum atomic E-state index is 4.34. The zero-order valence-corrected chi connectivity index (χ0v) is 11.4. The molecule has 15 heavy (non-hydrogen) atoms. The lowest BCUT2D eigenvalue weighted by atomic mass is 10.1. The van der Waals surface area contributed by atoms with Crippen molar-refractivity contribution < 1.29 is 0 Å². The van der Waals surface area contributed by atoms with Crippen molar-refractivity contribution in [3.8, 4) is 0 Å². The van der Waals surface area contributed by atoms with Gasteiger partial charge in [-0.25, -0.2) is 4.98 Å². The summed E-state index contributed by atoms with van der Waals surface area (Å²) in [6, 6.07) is 8.28. The molecule has 0 atom stereocenters. The van der Waals surface area contributed by atoms with Crippen LogP contribution in [0, 0.1) is 0 Å². The van der Waals surface area contributed by atoms with Crippen molar-refractivity contribution in [2.45, 2.75) is 6.42 Å². The molecule has 2 rings (SSSR count). The summed E-state index contributed by atoms with van der Waals surface area (Å²) in [4.78, 5) is 4.34. The monoisotopic (exact) mass is 328 g/mol. The number of halogens is 2. The second kappa shape index (κ2) is 4.49. The van der Waals surface area contributed by atoms with Crippen molar-refractivity contribution in [2.24, 2.45) is 7.05 Å². The number of aryl methyl sites for hydroxylation is 1. The van der Waals surface area contributed by atoms with E-state index >= 15 is 0 Å². The number of nitrogens with zero attached hydrogens (tertiary/aromatic N) is 2. The molecule has 0 unspecified atom stereocenters. The number of aromatic nitrogens is 2. The van der Waals surface area contributed by atoms with Gasteiger partial charge in [0, 0.05) is 17.9 Å². The van der Waals surface area contributed by atoms with Crippen molar-refractivity contribution in [2.75, 3.05) is 0 Å². The lowest BCUT2D eigenvalue weighted by Gasteiger charge is -2.00. The van der Waals surface area contributed by atoms with E-state index in [0.717, 1.165) is 21.2 Å². The van der Waals surface area contributed by atoms with Gasteiger partial charge < -0.3 is 4.57 Å². The fraction of sp³-hybridized carbons (Fsp3) is 0.182. The van der Waals surface area contributed by atoms with Gasteiger partial charge in [-0.15, -0.1) is 0 Å². The number of hydrogen-bond acceptors (Lipinski definition) is 1. The Hall–Kier alpha value is -0.610. The van der Waals surface area contributed by atoms with Crippen molar-refractivity contribution >= 4 is 31.9 Å². The van der Waals surface area contributed by atoms with E-state index in [-0.39, 0.29) is 0 Å². The van der Waals surface area contributed by atoms with E-state index < -0.39 is 0 Å². The van der Waals surface area contributed by atoms with Gasteiger partial charge in [-0.2, -0.15) is 0 Å². The molecule has 0 aliphatic carbocycles. The quantitative estimate of drug-likeness (QED) is 0.824. The first-order valence-electron chi connectivity index (χ1n) is 4.57. The third-order valence-corrected chi connectivity index (χ3v) is 3.71. The van der Waals surface area contributed by atoms with Crippen molar-refractivity contribution in [3.63, 3.8) is 0 Å². The molecule has 0 N–H and O–H groups in total. The highest BCUT2D eigenvalue weighted by Gasteiger charge is 2.06. The molecule has 0 spiro atoms. The summed E-state index contributed by atoms with van der Waals surface area (Å²) < 4.78 is 4.11. The number of benzene rings is 1. The van der Waals surface area contributed by atoms with E-state index in [0.29, 0.717) is 0 Å². The van der Waals surface area contributed by atoms with Crippen LogP contribution in [-0.4, -0.2) is 9.55 Å². The zero-order valence-electron chi connectivity index (χ0n) is 8.24. The molecule has 0 aliphatic rings. The molecule has 1 aromatic carbocycles. The Bertz CT molecular complexity index is 477. The first kappa shape index (κ1) is 10.9. The van der Waals surface area contributed by atoms with Gasteiger partial charge >= 0.3 is 0 Å². The molecule has 4 heteroatoms. The molecule has 0 radical (unpaired) electrons. The molecule has 0 aliphatic heterocycles. The maximum Gasteiger partial charge on any atom is 0.108 e. The van der Waals surface area contributed by atoms with E-state index in [4.69, 9.17) is 0 Å². The summed E-state index contributed by atoms with van der Waals surface area (Å²) in [5, 5.41) is 0. The van der Waals surface area contributed by atoms with Crippen LogP contribution in [0.1, 0.15) is 11.3 Å². The van der Waals surface area contributed by atoms with E-state index in [1.54, 1.807) is 0 Å². The lowest BCUT2D eigenvalue weighted by Crippen LogP contribution is -1.91. The van der Waals surface area contributed by atoms with Gasteiger partial charge in [-0.05, 0) is 33.6 Å². The Morgan fingerprint density at radius 2 is 2.13 bits per heavy atom. The summed E-state index contributed by atoms with van der Waals surface area (Å²) in [7, 11) is 1.97. The van der Waals surface area contributed by atoms with Crippen LogP contribution in [0.4, 0.5) is 0 Å². The molecular formula is C11H10Br2N2. The third kappa shape index (κ3) is 2.49. The van der Waals surface area contributed by atoms with E-state index in [1.807, 2.05) is 30.1 Å². The topological polar surface area (TPSA) is 17.8 Å². The first-order chi connectivity index (χ1) is 7.16. The van der Waals surface area contributed by atoms with Crippen LogP contribution in [-0.2, 0) is 13.5 Å². The van der Waals surface area contributed by atoms with E-state index in [2.05, 4.69) is 49.0 Å². The van der Waals surface area contributed by atoms with Gasteiger partial charge in [-0.1, -0.05) is 28.1 Å². The normalized spacial score (nSPS) is 10.6. The van der Waals surface area contributed by atoms with Crippen LogP contribution in [0.2, 0.25) is 0 Å². The summed E-state index contributed by atoms with van der Waals surface area (Å²) >= 11 is 6.98. The van der Waals surface area contributed by atoms with Crippen LogP contribution < -0.4 is 0 Å². The Balaban J connectivity index is 2.26. The smallest absolute Gasteiger partial charge is 0.108 e. The van der Waals surface area contributed by atoms with Crippen molar-refractivity contribution in [3.05, 3.63) is 50.9 Å². The lowest BCUT2D eigenvalue weighted by molar-refractivity contribution is 0.887. The molecule has 0 saturated heterocycles. The summed E-state index contributed by atoms with van der Waals surface area (Å²) in [5.41, 5.74) is 2.32. The second-order valence-electron chi connectivity index (χ2n) is 3.40. The van der Waals surface area contributed by atoms with E-state index in [1.165, 1.54) is 5.56 Å². The fourth-order valence-electron chi connectivity index (χ4n) is 1.42. The zero-order chi connectivity index (χ0) is 10.8. The molecule has 0 fully saturated rings. The van der Waals surface area contributed by atoms with Crippen molar-refractivity contribution in [1.29, 1.82) is 0 Å². The number of rotatable bonds is 2. The average Bonchev–Trinajstić information content (AvgIpc) is 2.50. The summed E-state index contributed by atoms with van der Waals surface area (Å²) in [6.07, 6.45) is 2.66. The van der Waals surface area contributed by atoms with Gasteiger partial charge in [0.15, 0.2) is 0 Å². The minimum Gasteiger partial charge on any atom is -0.328 e. The molecule has 0 amide bonds. The highest BCUT2D eigenvalue weighted by atomic mass is 79.9. The Kier molecular flexibility index (Phi) is 3.26. The highest BCUT2D eigenvalue weighted by Crippen LogP contribution is 2.19. The molecule has 2 aromatic rings. The van der Waals surface area contributed by atoms with Gasteiger partial charge in [-0.3, -0.25) is 0 Å². The second-order valence-corrected chi connectivity index (χ2v) is 5.07. The first-order valence-corrected chi connectivity index (χ1v) is 6.15. The SMILES string of the molecule is Cn1cnc(Cc2cccc(Br)c2)c1Br. The third-order valence-electron chi connectivity index (χ3n) is 2.20. The molecule has 1 heterocycles. The van der Waals surface area contributed by atoms with Crippen LogP contribution >= 0.6 is 31.9 Å². The summed E-state index contributed by atoms with van der Waals surface area (Å²) in [6.45, 7) is 0. The van der Waals surface area contributed by atoms with E-state index in [9.17, 15) is 0 Å². The van der Waals surface area contributed by atoms with Gasteiger partial charge in [0.1, 0.15) is 4.60 Å². The van der Waals surface area contributed by atoms with Crippen LogP contribution in [0.5, 0.6) is 0 Å². The molecular weight excluding hydrogens is 320 g/mol.